The van der Waals surface area contributed by atoms with Crippen LogP contribution in [0.25, 0.3) is 22.3 Å². The largest absolute Gasteiger partial charge is 0.456 e. The fourth-order valence-corrected chi connectivity index (χ4v) is 3.01. The van der Waals surface area contributed by atoms with Crippen molar-refractivity contribution in [3.8, 4) is 22.8 Å². The standard InChI is InChI=1S/C19H18O5/c1-10-14-7-12(18(21)11(2)20)3-5-15(14)24-19(10)13-4-6-16-17(8-13)23-9-22-16/h3-8,11,18,20-21H,9H2,1-2H3/t11-,18+/m0/s1. The van der Waals surface area contributed by atoms with Gasteiger partial charge in [-0.05, 0) is 49.7 Å². The van der Waals surface area contributed by atoms with Crippen molar-refractivity contribution < 1.29 is 24.1 Å². The van der Waals surface area contributed by atoms with E-state index >= 15 is 0 Å². The second-order valence-corrected chi connectivity index (χ2v) is 6.07. The Kier molecular flexibility index (Phi) is 3.48. The molecule has 0 fully saturated rings. The van der Waals surface area contributed by atoms with E-state index in [0.717, 1.165) is 33.6 Å². The fraction of sp³-hybridized carbons (Fsp3) is 0.263. The molecule has 0 saturated heterocycles. The van der Waals surface area contributed by atoms with E-state index in [2.05, 4.69) is 0 Å². The summed E-state index contributed by atoms with van der Waals surface area (Å²) in [5.74, 6) is 2.19. The maximum Gasteiger partial charge on any atom is 0.231 e. The summed E-state index contributed by atoms with van der Waals surface area (Å²) in [5, 5.41) is 20.6. The Bertz CT molecular complexity index is 910. The van der Waals surface area contributed by atoms with Crippen molar-refractivity contribution in [1.82, 2.24) is 0 Å². The predicted molar refractivity (Wildman–Crippen MR) is 89.2 cm³/mol. The lowest BCUT2D eigenvalue weighted by atomic mass is 10.0. The maximum absolute atomic E-state index is 10.1. The lowest BCUT2D eigenvalue weighted by Crippen LogP contribution is -2.13. The van der Waals surface area contributed by atoms with Gasteiger partial charge in [-0.2, -0.15) is 0 Å². The number of hydrogen-bond acceptors (Lipinski definition) is 5. The van der Waals surface area contributed by atoms with Gasteiger partial charge >= 0.3 is 0 Å². The number of aliphatic hydroxyl groups is 2. The van der Waals surface area contributed by atoms with E-state index < -0.39 is 12.2 Å². The highest BCUT2D eigenvalue weighted by Crippen LogP contribution is 2.40. The molecule has 5 heteroatoms. The third-order valence-electron chi connectivity index (χ3n) is 4.39. The molecule has 2 atom stereocenters. The number of ether oxygens (including phenoxy) is 2. The molecule has 0 spiro atoms. The van der Waals surface area contributed by atoms with E-state index in [9.17, 15) is 10.2 Å². The SMILES string of the molecule is Cc1c(-c2ccc3c(c2)OCO3)oc2ccc([C@H](O)[C@H](C)O)cc12. The average molecular weight is 326 g/mol. The number of hydrogen-bond donors (Lipinski definition) is 2. The van der Waals surface area contributed by atoms with Crippen molar-refractivity contribution in [2.75, 3.05) is 6.79 Å². The minimum atomic E-state index is -0.919. The molecule has 2 aromatic carbocycles. The molecule has 0 saturated carbocycles. The first-order valence-corrected chi connectivity index (χ1v) is 7.84. The van der Waals surface area contributed by atoms with Crippen molar-refractivity contribution in [1.29, 1.82) is 0 Å². The van der Waals surface area contributed by atoms with Crippen LogP contribution < -0.4 is 9.47 Å². The molecule has 24 heavy (non-hydrogen) atoms. The van der Waals surface area contributed by atoms with Gasteiger partial charge in [0.2, 0.25) is 6.79 Å². The van der Waals surface area contributed by atoms with Crippen molar-refractivity contribution in [3.05, 3.63) is 47.5 Å². The summed E-state index contributed by atoms with van der Waals surface area (Å²) in [7, 11) is 0. The van der Waals surface area contributed by atoms with Crippen LogP contribution in [0, 0.1) is 6.92 Å². The van der Waals surface area contributed by atoms with E-state index in [0.29, 0.717) is 11.3 Å². The second kappa shape index (κ2) is 5.54. The van der Waals surface area contributed by atoms with Gasteiger partial charge in [0.25, 0.3) is 0 Å². The van der Waals surface area contributed by atoms with Gasteiger partial charge in [-0.15, -0.1) is 0 Å². The Hall–Kier alpha value is -2.50. The van der Waals surface area contributed by atoms with Gasteiger partial charge in [0, 0.05) is 16.5 Å². The first-order valence-electron chi connectivity index (χ1n) is 7.84. The Labute approximate surface area is 139 Å². The van der Waals surface area contributed by atoms with Crippen LogP contribution in [-0.4, -0.2) is 23.1 Å². The van der Waals surface area contributed by atoms with Crippen LogP contribution in [0.2, 0.25) is 0 Å². The van der Waals surface area contributed by atoms with E-state index in [4.69, 9.17) is 13.9 Å². The third kappa shape index (κ3) is 2.33. The molecule has 0 radical (unpaired) electrons. The molecular weight excluding hydrogens is 308 g/mol. The molecular formula is C19H18O5. The Balaban J connectivity index is 1.81. The first-order chi connectivity index (χ1) is 11.5. The number of rotatable bonds is 3. The minimum Gasteiger partial charge on any atom is -0.456 e. The minimum absolute atomic E-state index is 0.235. The highest BCUT2D eigenvalue weighted by Gasteiger charge is 2.20. The molecule has 5 nitrogen and oxygen atoms in total. The highest BCUT2D eigenvalue weighted by atomic mass is 16.7. The van der Waals surface area contributed by atoms with Gasteiger partial charge in [-0.3, -0.25) is 0 Å². The third-order valence-corrected chi connectivity index (χ3v) is 4.39. The van der Waals surface area contributed by atoms with Crippen LogP contribution >= 0.6 is 0 Å². The lowest BCUT2D eigenvalue weighted by molar-refractivity contribution is 0.0306. The highest BCUT2D eigenvalue weighted by molar-refractivity contribution is 5.88. The first kappa shape index (κ1) is 15.1. The van der Waals surface area contributed by atoms with Crippen LogP contribution in [-0.2, 0) is 0 Å². The number of benzene rings is 2. The van der Waals surface area contributed by atoms with E-state index in [1.165, 1.54) is 0 Å². The van der Waals surface area contributed by atoms with Gasteiger partial charge in [-0.1, -0.05) is 6.07 Å². The number of aliphatic hydroxyl groups excluding tert-OH is 2. The normalized spacial score (nSPS) is 15.7. The van der Waals surface area contributed by atoms with Gasteiger partial charge in [0.05, 0.1) is 6.10 Å². The van der Waals surface area contributed by atoms with E-state index in [1.54, 1.807) is 13.0 Å². The van der Waals surface area contributed by atoms with Crippen LogP contribution in [0.15, 0.2) is 40.8 Å². The van der Waals surface area contributed by atoms with E-state index in [1.807, 2.05) is 37.3 Å². The zero-order valence-electron chi connectivity index (χ0n) is 13.4. The van der Waals surface area contributed by atoms with Gasteiger partial charge in [-0.25, -0.2) is 0 Å². The Morgan fingerprint density at radius 1 is 1.00 bits per heavy atom. The quantitative estimate of drug-likeness (QED) is 0.770. The lowest BCUT2D eigenvalue weighted by Gasteiger charge is -2.13. The van der Waals surface area contributed by atoms with Crippen molar-refractivity contribution in [3.63, 3.8) is 0 Å². The summed E-state index contributed by atoms with van der Waals surface area (Å²) in [5.41, 5.74) is 3.29. The van der Waals surface area contributed by atoms with Crippen LogP contribution in [0.3, 0.4) is 0 Å². The molecule has 1 aromatic heterocycles. The molecule has 124 valence electrons. The molecule has 0 aliphatic carbocycles. The topological polar surface area (TPSA) is 72.1 Å². The molecule has 2 heterocycles. The smallest absolute Gasteiger partial charge is 0.231 e. The van der Waals surface area contributed by atoms with Gasteiger partial charge < -0.3 is 24.1 Å². The monoisotopic (exact) mass is 326 g/mol. The Morgan fingerprint density at radius 2 is 1.79 bits per heavy atom. The predicted octanol–water partition coefficient (Wildman–Crippen LogP) is 3.55. The molecule has 1 aliphatic rings. The number of furan rings is 1. The van der Waals surface area contributed by atoms with Crippen LogP contribution in [0.1, 0.15) is 24.2 Å². The molecule has 0 bridgehead atoms. The zero-order chi connectivity index (χ0) is 16.8. The molecule has 3 aromatic rings. The van der Waals surface area contributed by atoms with Crippen molar-refractivity contribution in [2.24, 2.45) is 0 Å². The molecule has 4 rings (SSSR count). The van der Waals surface area contributed by atoms with E-state index in [-0.39, 0.29) is 6.79 Å². The Morgan fingerprint density at radius 3 is 2.58 bits per heavy atom. The number of aryl methyl sites for hydroxylation is 1. The summed E-state index contributed by atoms with van der Waals surface area (Å²) in [6.07, 6.45) is -1.75. The summed E-state index contributed by atoms with van der Waals surface area (Å²) in [4.78, 5) is 0. The summed E-state index contributed by atoms with van der Waals surface area (Å²) < 4.78 is 16.8. The van der Waals surface area contributed by atoms with Crippen LogP contribution in [0.5, 0.6) is 11.5 Å². The maximum atomic E-state index is 10.1. The summed E-state index contributed by atoms with van der Waals surface area (Å²) in [6, 6.07) is 11.2. The van der Waals surface area contributed by atoms with Gasteiger partial charge in [0.15, 0.2) is 11.5 Å². The number of fused-ring (bicyclic) bond motifs is 2. The summed E-state index contributed by atoms with van der Waals surface area (Å²) >= 11 is 0. The zero-order valence-corrected chi connectivity index (χ0v) is 13.4. The van der Waals surface area contributed by atoms with Gasteiger partial charge in [0.1, 0.15) is 17.4 Å². The molecule has 0 unspecified atom stereocenters. The molecule has 1 aliphatic heterocycles. The average Bonchev–Trinajstić information content (AvgIpc) is 3.17. The summed E-state index contributed by atoms with van der Waals surface area (Å²) in [6.45, 7) is 3.78. The van der Waals surface area contributed by atoms with Crippen molar-refractivity contribution >= 4 is 11.0 Å². The van der Waals surface area contributed by atoms with Crippen LogP contribution in [0.4, 0.5) is 0 Å². The van der Waals surface area contributed by atoms with Crippen molar-refractivity contribution in [2.45, 2.75) is 26.1 Å². The second-order valence-electron chi connectivity index (χ2n) is 6.07. The fourth-order valence-electron chi connectivity index (χ4n) is 3.01. The molecule has 0 amide bonds. The molecule has 2 N–H and O–H groups in total.